The van der Waals surface area contributed by atoms with Crippen LogP contribution in [0.1, 0.15) is 25.7 Å². The Labute approximate surface area is 180 Å². The highest BCUT2D eigenvalue weighted by atomic mass is 16.4. The number of primary amides is 2. The number of carboxylic acids is 2. The van der Waals surface area contributed by atoms with Gasteiger partial charge in [0, 0.05) is 6.42 Å². The standard InChI is InChI=1S/C16H26N6O10/c17-6(3-11(19)25)13(28)22-9(5-23)15(30)21-8(4-12(26)27)14(29)20-7(16(31)32)1-2-10(18)24/h6-9,23H,1-5,17H2,(H2,18,24)(H2,19,25)(H,20,29)(H,21,30)(H,22,28)(H,26,27)(H,31,32). The molecule has 0 heterocycles. The van der Waals surface area contributed by atoms with E-state index in [4.69, 9.17) is 27.4 Å². The highest BCUT2D eigenvalue weighted by Crippen LogP contribution is 2.02. The van der Waals surface area contributed by atoms with Gasteiger partial charge < -0.3 is 48.5 Å². The predicted octanol–water partition coefficient (Wildman–Crippen LogP) is -5.54. The van der Waals surface area contributed by atoms with E-state index in [0.29, 0.717) is 0 Å². The molecule has 0 aliphatic carbocycles. The molecule has 0 bridgehead atoms. The van der Waals surface area contributed by atoms with E-state index in [1.165, 1.54) is 0 Å². The van der Waals surface area contributed by atoms with E-state index in [2.05, 4.69) is 0 Å². The maximum Gasteiger partial charge on any atom is 0.326 e. The molecule has 32 heavy (non-hydrogen) atoms. The Morgan fingerprint density at radius 1 is 0.719 bits per heavy atom. The quantitative estimate of drug-likeness (QED) is 0.110. The van der Waals surface area contributed by atoms with Crippen molar-refractivity contribution in [1.29, 1.82) is 0 Å². The fourth-order valence-electron chi connectivity index (χ4n) is 2.25. The summed E-state index contributed by atoms with van der Waals surface area (Å²) < 4.78 is 0. The van der Waals surface area contributed by atoms with Crippen molar-refractivity contribution in [1.82, 2.24) is 16.0 Å². The molecule has 16 nitrogen and oxygen atoms in total. The summed E-state index contributed by atoms with van der Waals surface area (Å²) in [5.41, 5.74) is 15.2. The minimum atomic E-state index is -1.80. The van der Waals surface area contributed by atoms with E-state index in [0.717, 1.165) is 0 Å². The summed E-state index contributed by atoms with van der Waals surface area (Å²) >= 11 is 0. The van der Waals surface area contributed by atoms with Crippen molar-refractivity contribution in [2.75, 3.05) is 6.61 Å². The Kier molecular flexibility index (Phi) is 11.9. The molecule has 4 atom stereocenters. The van der Waals surface area contributed by atoms with Crippen LogP contribution >= 0.6 is 0 Å². The Hall–Kier alpha value is -3.79. The fourth-order valence-corrected chi connectivity index (χ4v) is 2.25. The lowest BCUT2D eigenvalue weighted by molar-refractivity contribution is -0.144. The number of nitrogens with two attached hydrogens (primary N) is 3. The van der Waals surface area contributed by atoms with Crippen LogP contribution in [0.25, 0.3) is 0 Å². The number of aliphatic carboxylic acids is 2. The van der Waals surface area contributed by atoms with E-state index >= 15 is 0 Å². The molecule has 0 aromatic rings. The van der Waals surface area contributed by atoms with E-state index in [-0.39, 0.29) is 0 Å². The van der Waals surface area contributed by atoms with Crippen LogP contribution in [0.5, 0.6) is 0 Å². The van der Waals surface area contributed by atoms with Crippen LogP contribution in [-0.4, -0.2) is 87.6 Å². The number of hydrogen-bond acceptors (Lipinski definition) is 9. The predicted molar refractivity (Wildman–Crippen MR) is 103 cm³/mol. The molecule has 0 saturated carbocycles. The first-order valence-corrected chi connectivity index (χ1v) is 9.07. The summed E-state index contributed by atoms with van der Waals surface area (Å²) in [7, 11) is 0. The molecule has 4 unspecified atom stereocenters. The lowest BCUT2D eigenvalue weighted by Gasteiger charge is -2.23. The number of carbonyl (C=O) groups excluding carboxylic acids is 5. The minimum absolute atomic E-state index is 0.391. The summed E-state index contributed by atoms with van der Waals surface area (Å²) in [6, 6.07) is -6.53. The van der Waals surface area contributed by atoms with Gasteiger partial charge in [-0.3, -0.25) is 28.8 Å². The maximum atomic E-state index is 12.3. The third kappa shape index (κ3) is 10.8. The zero-order valence-corrected chi connectivity index (χ0v) is 16.8. The number of hydrogen-bond donors (Lipinski definition) is 9. The van der Waals surface area contributed by atoms with E-state index in [1.807, 2.05) is 16.0 Å². The molecule has 12 N–H and O–H groups in total. The van der Waals surface area contributed by atoms with Crippen LogP contribution in [0.4, 0.5) is 0 Å². The normalized spacial score (nSPS) is 14.2. The molecule has 0 aromatic carbocycles. The lowest BCUT2D eigenvalue weighted by atomic mass is 10.1. The summed E-state index contributed by atoms with van der Waals surface area (Å²) in [6.45, 7) is -0.987. The number of carbonyl (C=O) groups is 7. The number of rotatable bonds is 15. The third-order valence-corrected chi connectivity index (χ3v) is 3.88. The second-order valence-corrected chi connectivity index (χ2v) is 6.58. The van der Waals surface area contributed by atoms with Crippen LogP contribution < -0.4 is 33.2 Å². The summed E-state index contributed by atoms with van der Waals surface area (Å²) in [4.78, 5) is 80.5. The smallest absolute Gasteiger partial charge is 0.326 e. The van der Waals surface area contributed by atoms with Crippen LogP contribution in [-0.2, 0) is 33.6 Å². The van der Waals surface area contributed by atoms with Gasteiger partial charge in [-0.05, 0) is 6.42 Å². The van der Waals surface area contributed by atoms with Gasteiger partial charge in [0.25, 0.3) is 0 Å². The minimum Gasteiger partial charge on any atom is -0.481 e. The van der Waals surface area contributed by atoms with Crippen molar-refractivity contribution in [2.45, 2.75) is 49.9 Å². The van der Waals surface area contributed by atoms with Gasteiger partial charge >= 0.3 is 11.9 Å². The van der Waals surface area contributed by atoms with Gasteiger partial charge in [-0.25, -0.2) is 4.79 Å². The van der Waals surface area contributed by atoms with Crippen molar-refractivity contribution in [3.05, 3.63) is 0 Å². The zero-order chi connectivity index (χ0) is 25.0. The Bertz CT molecular complexity index is 758. The van der Waals surface area contributed by atoms with Gasteiger partial charge in [0.1, 0.15) is 18.1 Å². The molecule has 0 spiro atoms. The molecule has 16 heteroatoms. The maximum absolute atomic E-state index is 12.3. The van der Waals surface area contributed by atoms with Gasteiger partial charge in [-0.15, -0.1) is 0 Å². The Morgan fingerprint density at radius 3 is 1.66 bits per heavy atom. The van der Waals surface area contributed by atoms with Crippen molar-refractivity contribution in [3.63, 3.8) is 0 Å². The molecule has 0 aromatic heterocycles. The van der Waals surface area contributed by atoms with Crippen molar-refractivity contribution in [3.8, 4) is 0 Å². The van der Waals surface area contributed by atoms with Crippen LogP contribution in [0.3, 0.4) is 0 Å². The summed E-state index contributed by atoms with van der Waals surface area (Å²) in [5.74, 6) is -8.26. The first-order chi connectivity index (χ1) is 14.8. The first kappa shape index (κ1) is 28.2. The van der Waals surface area contributed by atoms with Crippen molar-refractivity contribution >= 4 is 41.5 Å². The Morgan fingerprint density at radius 2 is 1.22 bits per heavy atom. The SMILES string of the molecule is NC(=O)CCC(NC(=O)C(CC(=O)O)NC(=O)C(CO)NC(=O)C(N)CC(N)=O)C(=O)O. The average Bonchev–Trinajstić information content (AvgIpc) is 2.66. The molecule has 0 aliphatic rings. The molecule has 0 aliphatic heterocycles. The summed E-state index contributed by atoms with van der Waals surface area (Å²) in [5, 5.41) is 33.4. The van der Waals surface area contributed by atoms with Gasteiger partial charge in [-0.2, -0.15) is 0 Å². The fraction of sp³-hybridized carbons (Fsp3) is 0.562. The molecule has 0 saturated heterocycles. The topological polar surface area (TPSA) is 294 Å². The largest absolute Gasteiger partial charge is 0.481 e. The molecule has 180 valence electrons. The number of aliphatic hydroxyl groups is 1. The molecular weight excluding hydrogens is 436 g/mol. The second-order valence-electron chi connectivity index (χ2n) is 6.58. The number of nitrogens with one attached hydrogen (secondary N) is 3. The van der Waals surface area contributed by atoms with Crippen LogP contribution in [0, 0.1) is 0 Å². The molecule has 0 rings (SSSR count). The third-order valence-electron chi connectivity index (χ3n) is 3.88. The van der Waals surface area contributed by atoms with E-state index in [9.17, 15) is 38.7 Å². The van der Waals surface area contributed by atoms with Crippen molar-refractivity contribution < 1.29 is 48.9 Å². The van der Waals surface area contributed by atoms with E-state index < -0.39 is 97.9 Å². The van der Waals surface area contributed by atoms with E-state index in [1.54, 1.807) is 0 Å². The highest BCUT2D eigenvalue weighted by Gasteiger charge is 2.31. The van der Waals surface area contributed by atoms with Crippen molar-refractivity contribution in [2.24, 2.45) is 17.2 Å². The monoisotopic (exact) mass is 462 g/mol. The van der Waals surface area contributed by atoms with Crippen LogP contribution in [0.15, 0.2) is 0 Å². The molecular formula is C16H26N6O10. The van der Waals surface area contributed by atoms with Gasteiger partial charge in [0.2, 0.25) is 29.5 Å². The number of carboxylic acid groups (broad SMARTS) is 2. The summed E-state index contributed by atoms with van der Waals surface area (Å²) in [6.07, 6.45) is -2.32. The number of amides is 5. The Balaban J connectivity index is 5.30. The lowest BCUT2D eigenvalue weighted by Crippen LogP contribution is -2.58. The van der Waals surface area contributed by atoms with Gasteiger partial charge in [-0.1, -0.05) is 0 Å². The van der Waals surface area contributed by atoms with Crippen LogP contribution in [0.2, 0.25) is 0 Å². The second kappa shape index (κ2) is 13.5. The zero-order valence-electron chi connectivity index (χ0n) is 16.8. The van der Waals surface area contributed by atoms with Gasteiger partial charge in [0.05, 0.1) is 25.5 Å². The highest BCUT2D eigenvalue weighted by molar-refractivity contribution is 5.96. The molecule has 5 amide bonds. The molecule has 0 radical (unpaired) electrons. The number of aliphatic hydroxyl groups excluding tert-OH is 1. The van der Waals surface area contributed by atoms with Gasteiger partial charge in [0.15, 0.2) is 0 Å². The molecule has 0 fully saturated rings. The first-order valence-electron chi connectivity index (χ1n) is 9.07. The average molecular weight is 462 g/mol.